The SMILES string of the molecule is O=C1c2cccc3c([N+](=O)[O-])ccc(c23)C(=O)N1/N=C\c1ccccc1F. The number of nitrogens with zero attached hydrogens (tertiary/aromatic N) is 3. The largest absolute Gasteiger partial charge is 0.282 e. The van der Waals surface area contributed by atoms with E-state index in [0.717, 1.165) is 6.21 Å². The molecule has 0 fully saturated rings. The number of hydrogen-bond donors (Lipinski definition) is 0. The third kappa shape index (κ3) is 2.54. The van der Waals surface area contributed by atoms with Crippen molar-refractivity contribution in [2.24, 2.45) is 5.10 Å². The summed E-state index contributed by atoms with van der Waals surface area (Å²) in [7, 11) is 0. The molecule has 0 saturated heterocycles. The monoisotopic (exact) mass is 363 g/mol. The second-order valence-electron chi connectivity index (χ2n) is 5.81. The summed E-state index contributed by atoms with van der Waals surface area (Å²) >= 11 is 0. The molecule has 0 saturated carbocycles. The maximum absolute atomic E-state index is 13.7. The van der Waals surface area contributed by atoms with Crippen LogP contribution in [0.25, 0.3) is 10.8 Å². The van der Waals surface area contributed by atoms with Gasteiger partial charge in [0.1, 0.15) is 5.82 Å². The van der Waals surface area contributed by atoms with Crippen LogP contribution in [0.2, 0.25) is 0 Å². The molecule has 0 bridgehead atoms. The minimum absolute atomic E-state index is 0.116. The minimum atomic E-state index is -0.730. The number of halogens is 1. The first-order chi connectivity index (χ1) is 13.0. The van der Waals surface area contributed by atoms with Crippen LogP contribution in [-0.2, 0) is 0 Å². The van der Waals surface area contributed by atoms with Gasteiger partial charge in [-0.3, -0.25) is 19.7 Å². The van der Waals surface area contributed by atoms with Crippen LogP contribution in [0.15, 0.2) is 59.7 Å². The molecular weight excluding hydrogens is 353 g/mol. The quantitative estimate of drug-likeness (QED) is 0.308. The maximum atomic E-state index is 13.7. The van der Waals surface area contributed by atoms with Gasteiger partial charge in [0, 0.05) is 17.0 Å². The number of nitro benzene ring substituents is 1. The molecule has 1 aliphatic rings. The molecule has 0 unspecified atom stereocenters. The van der Waals surface area contributed by atoms with Crippen molar-refractivity contribution in [3.63, 3.8) is 0 Å². The molecule has 0 atom stereocenters. The van der Waals surface area contributed by atoms with E-state index < -0.39 is 22.6 Å². The number of hydrazone groups is 1. The van der Waals surface area contributed by atoms with Gasteiger partial charge < -0.3 is 0 Å². The van der Waals surface area contributed by atoms with E-state index in [0.29, 0.717) is 5.01 Å². The van der Waals surface area contributed by atoms with Crippen LogP contribution in [-0.4, -0.2) is 28.0 Å². The number of carbonyl (C=O) groups is 2. The van der Waals surface area contributed by atoms with Gasteiger partial charge in [0.25, 0.3) is 17.5 Å². The van der Waals surface area contributed by atoms with Crippen LogP contribution < -0.4 is 0 Å². The molecule has 1 heterocycles. The first kappa shape index (κ1) is 16.5. The predicted molar refractivity (Wildman–Crippen MR) is 95.1 cm³/mol. The molecule has 132 valence electrons. The smallest absolute Gasteiger partial charge is 0.267 e. The lowest BCUT2D eigenvalue weighted by Crippen LogP contribution is -2.36. The lowest BCUT2D eigenvalue weighted by molar-refractivity contribution is -0.383. The summed E-state index contributed by atoms with van der Waals surface area (Å²) < 4.78 is 13.7. The highest BCUT2D eigenvalue weighted by Crippen LogP contribution is 2.35. The Morgan fingerprint density at radius 1 is 0.963 bits per heavy atom. The fourth-order valence-corrected chi connectivity index (χ4v) is 3.03. The third-order valence-electron chi connectivity index (χ3n) is 4.28. The number of amides is 2. The molecule has 0 aliphatic carbocycles. The molecule has 0 radical (unpaired) electrons. The Kier molecular flexibility index (Phi) is 3.73. The number of hydrogen-bond acceptors (Lipinski definition) is 5. The van der Waals surface area contributed by atoms with Gasteiger partial charge in [0.2, 0.25) is 0 Å². The molecule has 27 heavy (non-hydrogen) atoms. The summed E-state index contributed by atoms with van der Waals surface area (Å²) in [6.45, 7) is 0. The number of rotatable bonds is 3. The Hall–Kier alpha value is -3.94. The van der Waals surface area contributed by atoms with Crippen molar-refractivity contribution in [2.75, 3.05) is 0 Å². The second kappa shape index (κ2) is 6.10. The average Bonchev–Trinajstić information content (AvgIpc) is 2.66. The van der Waals surface area contributed by atoms with Crippen molar-refractivity contribution in [1.29, 1.82) is 0 Å². The van der Waals surface area contributed by atoms with Gasteiger partial charge in [-0.1, -0.05) is 24.3 Å². The van der Waals surface area contributed by atoms with E-state index in [1.165, 1.54) is 48.5 Å². The second-order valence-corrected chi connectivity index (χ2v) is 5.81. The van der Waals surface area contributed by atoms with E-state index in [9.17, 15) is 24.1 Å². The van der Waals surface area contributed by atoms with E-state index in [2.05, 4.69) is 5.10 Å². The summed E-state index contributed by atoms with van der Waals surface area (Å²) in [4.78, 5) is 36.1. The van der Waals surface area contributed by atoms with E-state index in [-0.39, 0.29) is 33.2 Å². The summed E-state index contributed by atoms with van der Waals surface area (Å²) in [5.41, 5.74) is 0.165. The zero-order valence-electron chi connectivity index (χ0n) is 13.6. The van der Waals surface area contributed by atoms with Gasteiger partial charge in [0.15, 0.2) is 0 Å². The lowest BCUT2D eigenvalue weighted by Gasteiger charge is -2.22. The molecular formula is C19H10FN3O4. The summed E-state index contributed by atoms with van der Waals surface area (Å²) in [5.74, 6) is -2.01. The topological polar surface area (TPSA) is 92.9 Å². The van der Waals surface area contributed by atoms with E-state index >= 15 is 0 Å². The Morgan fingerprint density at radius 2 is 1.67 bits per heavy atom. The molecule has 0 N–H and O–H groups in total. The van der Waals surface area contributed by atoms with Gasteiger partial charge in [-0.05, 0) is 24.3 Å². The van der Waals surface area contributed by atoms with Crippen molar-refractivity contribution < 1.29 is 18.9 Å². The Balaban J connectivity index is 1.85. The van der Waals surface area contributed by atoms with E-state index in [4.69, 9.17) is 0 Å². The molecule has 0 spiro atoms. The normalized spacial score (nSPS) is 13.6. The standard InChI is InChI=1S/C19H10FN3O4/c20-15-7-2-1-4-11(15)10-21-22-18(24)13-6-3-5-12-16(23(26)27)9-8-14(17(12)13)19(22)25/h1-10H/b21-10-. The van der Waals surface area contributed by atoms with Gasteiger partial charge >= 0.3 is 0 Å². The van der Waals surface area contributed by atoms with Crippen LogP contribution in [0.3, 0.4) is 0 Å². The first-order valence-corrected chi connectivity index (χ1v) is 7.86. The summed E-state index contributed by atoms with van der Waals surface area (Å²) in [6, 6.07) is 12.8. The third-order valence-corrected chi connectivity index (χ3v) is 4.28. The molecule has 0 aromatic heterocycles. The lowest BCUT2D eigenvalue weighted by atomic mass is 9.94. The average molecular weight is 363 g/mol. The van der Waals surface area contributed by atoms with Crippen molar-refractivity contribution in [2.45, 2.75) is 0 Å². The highest BCUT2D eigenvalue weighted by atomic mass is 19.1. The molecule has 1 aliphatic heterocycles. The highest BCUT2D eigenvalue weighted by Gasteiger charge is 2.34. The Bertz CT molecular complexity index is 1150. The van der Waals surface area contributed by atoms with Crippen molar-refractivity contribution in [3.8, 4) is 0 Å². The number of nitro groups is 1. The summed E-state index contributed by atoms with van der Waals surface area (Å²) in [6.07, 6.45) is 1.08. The zero-order valence-corrected chi connectivity index (χ0v) is 13.6. The molecule has 4 rings (SSSR count). The fraction of sp³-hybridized carbons (Fsp3) is 0. The van der Waals surface area contributed by atoms with Crippen molar-refractivity contribution in [1.82, 2.24) is 5.01 Å². The maximum Gasteiger partial charge on any atom is 0.282 e. The molecule has 2 amide bonds. The predicted octanol–water partition coefficient (Wildman–Crippen LogP) is 3.52. The highest BCUT2D eigenvalue weighted by molar-refractivity contribution is 6.26. The van der Waals surface area contributed by atoms with Gasteiger partial charge in [-0.25, -0.2) is 4.39 Å². The number of imide groups is 1. The fourth-order valence-electron chi connectivity index (χ4n) is 3.03. The van der Waals surface area contributed by atoms with Crippen LogP contribution in [0.4, 0.5) is 10.1 Å². The van der Waals surface area contributed by atoms with Crippen LogP contribution in [0.5, 0.6) is 0 Å². The molecule has 3 aromatic carbocycles. The number of non-ortho nitro benzene ring substituents is 1. The van der Waals surface area contributed by atoms with Crippen LogP contribution in [0, 0.1) is 15.9 Å². The minimum Gasteiger partial charge on any atom is -0.267 e. The number of carbonyl (C=O) groups excluding carboxylic acids is 2. The Labute approximate surface area is 151 Å². The Morgan fingerprint density at radius 3 is 2.37 bits per heavy atom. The van der Waals surface area contributed by atoms with E-state index in [1.807, 2.05) is 0 Å². The summed E-state index contributed by atoms with van der Waals surface area (Å²) in [5, 5.41) is 16.1. The molecule has 7 nitrogen and oxygen atoms in total. The van der Waals surface area contributed by atoms with Crippen LogP contribution >= 0.6 is 0 Å². The zero-order chi connectivity index (χ0) is 19.1. The van der Waals surface area contributed by atoms with Gasteiger partial charge in [-0.2, -0.15) is 10.1 Å². The molecule has 3 aromatic rings. The van der Waals surface area contributed by atoms with Gasteiger partial charge in [0.05, 0.1) is 27.7 Å². The van der Waals surface area contributed by atoms with Crippen molar-refractivity contribution in [3.05, 3.63) is 87.2 Å². The van der Waals surface area contributed by atoms with Crippen LogP contribution in [0.1, 0.15) is 26.3 Å². The number of benzene rings is 3. The first-order valence-electron chi connectivity index (χ1n) is 7.86. The van der Waals surface area contributed by atoms with Gasteiger partial charge in [-0.15, -0.1) is 0 Å². The van der Waals surface area contributed by atoms with E-state index in [1.54, 1.807) is 6.07 Å². The van der Waals surface area contributed by atoms with Crippen molar-refractivity contribution >= 4 is 34.5 Å². The molecule has 8 heteroatoms.